The Balaban J connectivity index is 1.61. The Hall–Kier alpha value is -2.07. The smallest absolute Gasteiger partial charge is 0.224 e. The molecule has 4 heteroatoms. The number of hydrogen-bond donors (Lipinski definition) is 2. The van der Waals surface area contributed by atoms with Crippen LogP contribution in [0.25, 0.3) is 0 Å². The van der Waals surface area contributed by atoms with Gasteiger partial charge >= 0.3 is 0 Å². The van der Waals surface area contributed by atoms with Crippen LogP contribution in [0.5, 0.6) is 0 Å². The van der Waals surface area contributed by atoms with Crippen LogP contribution in [0.2, 0.25) is 0 Å². The fourth-order valence-corrected chi connectivity index (χ4v) is 3.48. The Morgan fingerprint density at radius 2 is 1.34 bits per heavy atom. The van der Waals surface area contributed by atoms with E-state index in [1.165, 1.54) is 38.5 Å². The molecule has 29 heavy (non-hydrogen) atoms. The van der Waals surface area contributed by atoms with Gasteiger partial charge in [0.2, 0.25) is 5.91 Å². The molecule has 3 nitrogen and oxygen atoms in total. The lowest BCUT2D eigenvalue weighted by Crippen LogP contribution is -2.11. The molecule has 2 aromatic carbocycles. The van der Waals surface area contributed by atoms with Gasteiger partial charge in [-0.3, -0.25) is 9.59 Å². The number of ketones is 1. The van der Waals surface area contributed by atoms with Crippen LogP contribution in [0.4, 0.5) is 5.69 Å². The Bertz CT molecular complexity index is 741. The molecule has 1 unspecified atom stereocenters. The zero-order valence-corrected chi connectivity index (χ0v) is 18.3. The predicted octanol–water partition coefficient (Wildman–Crippen LogP) is 6.69. The average molecular weight is 412 g/mol. The van der Waals surface area contributed by atoms with Gasteiger partial charge in [-0.1, -0.05) is 75.8 Å². The highest BCUT2D eigenvalue weighted by Gasteiger charge is 2.09. The van der Waals surface area contributed by atoms with Crippen molar-refractivity contribution in [1.82, 2.24) is 0 Å². The third-order valence-corrected chi connectivity index (χ3v) is 5.25. The van der Waals surface area contributed by atoms with Crippen molar-refractivity contribution in [3.8, 4) is 0 Å². The fraction of sp³-hybridized carbons (Fsp3) is 0.440. The van der Waals surface area contributed by atoms with Crippen LogP contribution in [0.3, 0.4) is 0 Å². The minimum atomic E-state index is -0.0105. The summed E-state index contributed by atoms with van der Waals surface area (Å²) in [6.07, 6.45) is 10.0. The van der Waals surface area contributed by atoms with E-state index in [0.717, 1.165) is 18.5 Å². The van der Waals surface area contributed by atoms with Gasteiger partial charge in [0.1, 0.15) is 0 Å². The van der Waals surface area contributed by atoms with Crippen LogP contribution in [-0.2, 0) is 4.79 Å². The van der Waals surface area contributed by atoms with Crippen molar-refractivity contribution in [1.29, 1.82) is 0 Å². The van der Waals surface area contributed by atoms with E-state index in [4.69, 9.17) is 0 Å². The van der Waals surface area contributed by atoms with Crippen molar-refractivity contribution < 1.29 is 9.59 Å². The van der Waals surface area contributed by atoms with Crippen molar-refractivity contribution in [2.24, 2.45) is 0 Å². The normalized spacial score (nSPS) is 11.8. The Morgan fingerprint density at radius 1 is 0.793 bits per heavy atom. The van der Waals surface area contributed by atoms with Crippen LogP contribution in [0, 0.1) is 0 Å². The summed E-state index contributed by atoms with van der Waals surface area (Å²) in [5, 5.41) is 3.43. The molecule has 0 aliphatic carbocycles. The number of nitrogens with one attached hydrogen (secondary N) is 1. The van der Waals surface area contributed by atoms with Gasteiger partial charge in [0.05, 0.1) is 0 Å². The highest BCUT2D eigenvalue weighted by atomic mass is 32.1. The first-order chi connectivity index (χ1) is 14.1. The second-order valence-electron chi connectivity index (χ2n) is 7.68. The zero-order chi connectivity index (χ0) is 20.9. The maximum absolute atomic E-state index is 12.4. The molecule has 0 bridgehead atoms. The lowest BCUT2D eigenvalue weighted by Gasteiger charge is -2.07. The van der Waals surface area contributed by atoms with E-state index in [1.807, 2.05) is 18.2 Å². The number of unbranched alkanes of at least 4 members (excludes halogenated alkanes) is 6. The lowest BCUT2D eigenvalue weighted by molar-refractivity contribution is -0.116. The minimum absolute atomic E-state index is 0.0105. The van der Waals surface area contributed by atoms with E-state index < -0.39 is 0 Å². The molecule has 0 saturated heterocycles. The van der Waals surface area contributed by atoms with Crippen LogP contribution in [0.1, 0.15) is 80.6 Å². The summed E-state index contributed by atoms with van der Waals surface area (Å²) in [5.74, 6) is 0.0264. The molecule has 1 atom stereocenters. The van der Waals surface area contributed by atoms with Gasteiger partial charge in [-0.05, 0) is 42.4 Å². The summed E-state index contributed by atoms with van der Waals surface area (Å²) < 4.78 is 0. The number of amides is 1. The van der Waals surface area contributed by atoms with Gasteiger partial charge in [-0.2, -0.15) is 12.6 Å². The van der Waals surface area contributed by atoms with Crippen molar-refractivity contribution in [2.45, 2.75) is 70.0 Å². The van der Waals surface area contributed by atoms with E-state index in [1.54, 1.807) is 36.4 Å². The number of benzene rings is 2. The van der Waals surface area contributed by atoms with Crippen LogP contribution >= 0.6 is 12.6 Å². The zero-order valence-electron chi connectivity index (χ0n) is 17.4. The van der Waals surface area contributed by atoms with E-state index in [9.17, 15) is 9.59 Å². The van der Waals surface area contributed by atoms with Crippen molar-refractivity contribution in [3.05, 3.63) is 65.7 Å². The van der Waals surface area contributed by atoms with Crippen LogP contribution in [0.15, 0.2) is 54.6 Å². The quantitative estimate of drug-likeness (QED) is 0.219. The summed E-state index contributed by atoms with van der Waals surface area (Å²) in [7, 11) is 0. The molecule has 0 radical (unpaired) electrons. The third-order valence-electron chi connectivity index (χ3n) is 4.99. The SMILES string of the molecule is CC(S)CCCCCCCCCC(=O)Nc1ccc(C(=O)c2ccccc2)cc1. The fourth-order valence-electron chi connectivity index (χ4n) is 3.29. The Morgan fingerprint density at radius 3 is 1.97 bits per heavy atom. The monoisotopic (exact) mass is 411 g/mol. The molecular formula is C25H33NO2S. The molecule has 156 valence electrons. The number of carbonyl (C=O) groups excluding carboxylic acids is 2. The highest BCUT2D eigenvalue weighted by molar-refractivity contribution is 7.80. The Labute approximate surface area is 180 Å². The van der Waals surface area contributed by atoms with Crippen molar-refractivity contribution in [3.63, 3.8) is 0 Å². The number of thiol groups is 1. The molecule has 0 spiro atoms. The summed E-state index contributed by atoms with van der Waals surface area (Å²) in [5.41, 5.74) is 2.02. The van der Waals surface area contributed by atoms with Crippen LogP contribution in [-0.4, -0.2) is 16.9 Å². The topological polar surface area (TPSA) is 46.2 Å². The second-order valence-corrected chi connectivity index (χ2v) is 8.56. The molecule has 2 rings (SSSR count). The summed E-state index contributed by atoms with van der Waals surface area (Å²) in [6, 6.07) is 16.3. The number of carbonyl (C=O) groups is 2. The lowest BCUT2D eigenvalue weighted by atomic mass is 10.0. The van der Waals surface area contributed by atoms with Crippen molar-refractivity contribution >= 4 is 30.0 Å². The molecule has 0 aliphatic heterocycles. The maximum Gasteiger partial charge on any atom is 0.224 e. The second kappa shape index (κ2) is 13.2. The third kappa shape index (κ3) is 9.31. The number of anilines is 1. The Kier molecular flexibility index (Phi) is 10.6. The van der Waals surface area contributed by atoms with Gasteiger partial charge < -0.3 is 5.32 Å². The van der Waals surface area contributed by atoms with Gasteiger partial charge in [0, 0.05) is 23.2 Å². The van der Waals surface area contributed by atoms with E-state index >= 15 is 0 Å². The van der Waals surface area contributed by atoms with Crippen LogP contribution < -0.4 is 5.32 Å². The van der Waals surface area contributed by atoms with Gasteiger partial charge in [-0.25, -0.2) is 0 Å². The molecular weight excluding hydrogens is 378 g/mol. The van der Waals surface area contributed by atoms with Gasteiger partial charge in [-0.15, -0.1) is 0 Å². The molecule has 0 aliphatic rings. The molecule has 2 aromatic rings. The summed E-state index contributed by atoms with van der Waals surface area (Å²) in [4.78, 5) is 24.5. The summed E-state index contributed by atoms with van der Waals surface area (Å²) in [6.45, 7) is 2.15. The molecule has 0 fully saturated rings. The molecule has 0 heterocycles. The van der Waals surface area contributed by atoms with E-state index in [-0.39, 0.29) is 11.7 Å². The summed E-state index contributed by atoms with van der Waals surface area (Å²) >= 11 is 4.40. The minimum Gasteiger partial charge on any atom is -0.326 e. The largest absolute Gasteiger partial charge is 0.326 e. The first-order valence-electron chi connectivity index (χ1n) is 10.7. The van der Waals surface area contributed by atoms with Gasteiger partial charge in [0.15, 0.2) is 5.78 Å². The van der Waals surface area contributed by atoms with Gasteiger partial charge in [0.25, 0.3) is 0 Å². The number of rotatable bonds is 13. The van der Waals surface area contributed by atoms with E-state index in [2.05, 4.69) is 24.9 Å². The molecule has 1 N–H and O–H groups in total. The molecule has 0 aromatic heterocycles. The standard InChI is InChI=1S/C25H33NO2S/c1-20(29)12-8-5-3-2-4-6-11-15-24(27)26-23-18-16-22(17-19-23)25(28)21-13-9-7-10-14-21/h7,9-10,13-14,16-20,29H,2-6,8,11-12,15H2,1H3,(H,26,27). The predicted molar refractivity (Wildman–Crippen MR) is 125 cm³/mol. The average Bonchev–Trinajstić information content (AvgIpc) is 2.73. The van der Waals surface area contributed by atoms with E-state index in [0.29, 0.717) is 22.8 Å². The maximum atomic E-state index is 12.4. The number of hydrogen-bond acceptors (Lipinski definition) is 3. The molecule has 1 amide bonds. The first-order valence-corrected chi connectivity index (χ1v) is 11.3. The highest BCUT2D eigenvalue weighted by Crippen LogP contribution is 2.15. The molecule has 0 saturated carbocycles. The van der Waals surface area contributed by atoms with Crippen molar-refractivity contribution in [2.75, 3.05) is 5.32 Å². The first kappa shape index (κ1) is 23.2.